The van der Waals surface area contributed by atoms with Crippen molar-refractivity contribution < 1.29 is 19.1 Å². The molecule has 2 aromatic rings. The molecule has 2 atom stereocenters. The standard InChI is InChI=1S/C23H25ClN2O4/c1-15-7-9-16(10-8-15)13-26-14-17(11-21(26)27)23(29)25-20(12-22(28)30-2)18-5-3-4-6-19(18)24/h3-10,17,20H,11-14H2,1-2H3,(H,25,29). The van der Waals surface area contributed by atoms with Crippen molar-refractivity contribution in [1.29, 1.82) is 0 Å². The molecule has 6 nitrogen and oxygen atoms in total. The van der Waals surface area contributed by atoms with Crippen molar-refractivity contribution in [3.8, 4) is 0 Å². The van der Waals surface area contributed by atoms with Crippen molar-refractivity contribution in [2.75, 3.05) is 13.7 Å². The molecule has 2 aromatic carbocycles. The molecule has 0 aromatic heterocycles. The van der Waals surface area contributed by atoms with E-state index in [0.717, 1.165) is 11.1 Å². The quantitative estimate of drug-likeness (QED) is 0.685. The number of likely N-dealkylation sites (tertiary alicyclic amines) is 1. The molecule has 2 amide bonds. The number of aryl methyl sites for hydroxylation is 1. The van der Waals surface area contributed by atoms with E-state index in [1.807, 2.05) is 31.2 Å². The van der Waals surface area contributed by atoms with Crippen LogP contribution in [0.15, 0.2) is 48.5 Å². The lowest BCUT2D eigenvalue weighted by molar-refractivity contribution is -0.141. The van der Waals surface area contributed by atoms with Crippen LogP contribution in [-0.2, 0) is 25.7 Å². The summed E-state index contributed by atoms with van der Waals surface area (Å²) in [7, 11) is 1.30. The molecule has 0 bridgehead atoms. The summed E-state index contributed by atoms with van der Waals surface area (Å²) in [5.41, 5.74) is 2.81. The van der Waals surface area contributed by atoms with Gasteiger partial charge in [0.15, 0.2) is 0 Å². The number of rotatable bonds is 7. The number of nitrogens with zero attached hydrogens (tertiary/aromatic N) is 1. The molecule has 1 aliphatic rings. The largest absolute Gasteiger partial charge is 0.469 e. The molecule has 0 saturated carbocycles. The lowest BCUT2D eigenvalue weighted by Gasteiger charge is -2.22. The van der Waals surface area contributed by atoms with E-state index < -0.39 is 17.9 Å². The Balaban J connectivity index is 1.68. The molecule has 1 fully saturated rings. The summed E-state index contributed by atoms with van der Waals surface area (Å²) in [6, 6.07) is 14.4. The number of amides is 2. The molecule has 158 valence electrons. The van der Waals surface area contributed by atoms with Crippen molar-refractivity contribution in [1.82, 2.24) is 10.2 Å². The summed E-state index contributed by atoms with van der Waals surface area (Å²) in [6.45, 7) is 2.82. The zero-order chi connectivity index (χ0) is 21.7. The summed E-state index contributed by atoms with van der Waals surface area (Å²) in [4.78, 5) is 38.9. The lowest BCUT2D eigenvalue weighted by Crippen LogP contribution is -2.36. The van der Waals surface area contributed by atoms with Crippen molar-refractivity contribution in [2.24, 2.45) is 5.92 Å². The van der Waals surface area contributed by atoms with Gasteiger partial charge in [-0.05, 0) is 24.1 Å². The van der Waals surface area contributed by atoms with E-state index in [4.69, 9.17) is 16.3 Å². The first kappa shape index (κ1) is 21.8. The van der Waals surface area contributed by atoms with Gasteiger partial charge in [0, 0.05) is 24.5 Å². The second-order valence-corrected chi connectivity index (χ2v) is 7.93. The van der Waals surface area contributed by atoms with Gasteiger partial charge in [0.2, 0.25) is 11.8 Å². The molecular formula is C23H25ClN2O4. The van der Waals surface area contributed by atoms with Crippen LogP contribution < -0.4 is 5.32 Å². The van der Waals surface area contributed by atoms with E-state index in [2.05, 4.69) is 5.32 Å². The maximum atomic E-state index is 12.9. The summed E-state index contributed by atoms with van der Waals surface area (Å²) in [6.07, 6.45) is 0.102. The van der Waals surface area contributed by atoms with Crippen LogP contribution in [-0.4, -0.2) is 36.3 Å². The van der Waals surface area contributed by atoms with Crippen molar-refractivity contribution in [3.63, 3.8) is 0 Å². The van der Waals surface area contributed by atoms with Gasteiger partial charge in [-0.2, -0.15) is 0 Å². The van der Waals surface area contributed by atoms with Gasteiger partial charge in [-0.3, -0.25) is 14.4 Å². The predicted octanol–water partition coefficient (Wildman–Crippen LogP) is 3.42. The Labute approximate surface area is 181 Å². The van der Waals surface area contributed by atoms with E-state index in [-0.39, 0.29) is 24.7 Å². The van der Waals surface area contributed by atoms with Crippen molar-refractivity contribution in [2.45, 2.75) is 32.4 Å². The Morgan fingerprint density at radius 3 is 2.57 bits per heavy atom. The van der Waals surface area contributed by atoms with Gasteiger partial charge >= 0.3 is 5.97 Å². The minimum atomic E-state index is -0.625. The van der Waals surface area contributed by atoms with Gasteiger partial charge in [-0.1, -0.05) is 59.6 Å². The highest BCUT2D eigenvalue weighted by Crippen LogP contribution is 2.27. The van der Waals surface area contributed by atoms with Gasteiger partial charge in [-0.15, -0.1) is 0 Å². The Morgan fingerprint density at radius 1 is 1.20 bits per heavy atom. The Morgan fingerprint density at radius 2 is 1.90 bits per heavy atom. The Bertz CT molecular complexity index is 929. The van der Waals surface area contributed by atoms with Crippen LogP contribution in [0.5, 0.6) is 0 Å². The number of ether oxygens (including phenoxy) is 1. The first-order valence-corrected chi connectivity index (χ1v) is 10.2. The molecule has 0 radical (unpaired) electrons. The number of hydrogen-bond acceptors (Lipinski definition) is 4. The molecule has 1 N–H and O–H groups in total. The van der Waals surface area contributed by atoms with E-state index in [1.54, 1.807) is 29.2 Å². The zero-order valence-corrected chi connectivity index (χ0v) is 17.8. The summed E-state index contributed by atoms with van der Waals surface area (Å²) >= 11 is 6.27. The SMILES string of the molecule is COC(=O)CC(NC(=O)C1CC(=O)N(Cc2ccc(C)cc2)C1)c1ccccc1Cl. The van der Waals surface area contributed by atoms with Gasteiger partial charge in [-0.25, -0.2) is 0 Å². The second-order valence-electron chi connectivity index (χ2n) is 7.52. The average molecular weight is 429 g/mol. The number of nitrogens with one attached hydrogen (secondary N) is 1. The monoisotopic (exact) mass is 428 g/mol. The maximum Gasteiger partial charge on any atom is 0.307 e. The van der Waals surface area contributed by atoms with Crippen molar-refractivity contribution >= 4 is 29.4 Å². The van der Waals surface area contributed by atoms with Crippen LogP contribution in [0.2, 0.25) is 5.02 Å². The highest BCUT2D eigenvalue weighted by Gasteiger charge is 2.35. The van der Waals surface area contributed by atoms with Crippen LogP contribution in [0.3, 0.4) is 0 Å². The van der Waals surface area contributed by atoms with Crippen LogP contribution >= 0.6 is 11.6 Å². The first-order valence-electron chi connectivity index (χ1n) is 9.82. The van der Waals surface area contributed by atoms with Crippen LogP contribution in [0.4, 0.5) is 0 Å². The molecule has 0 spiro atoms. The highest BCUT2D eigenvalue weighted by atomic mass is 35.5. The van der Waals surface area contributed by atoms with Crippen LogP contribution in [0.1, 0.15) is 35.6 Å². The normalized spacial score (nSPS) is 17.0. The van der Waals surface area contributed by atoms with E-state index in [1.165, 1.54) is 7.11 Å². The second kappa shape index (κ2) is 9.76. The average Bonchev–Trinajstić information content (AvgIpc) is 3.10. The highest BCUT2D eigenvalue weighted by molar-refractivity contribution is 6.31. The smallest absolute Gasteiger partial charge is 0.307 e. The van der Waals surface area contributed by atoms with Crippen molar-refractivity contribution in [3.05, 3.63) is 70.2 Å². The van der Waals surface area contributed by atoms with Crippen LogP contribution in [0.25, 0.3) is 0 Å². The Hall–Kier alpha value is -2.86. The predicted molar refractivity (Wildman–Crippen MR) is 114 cm³/mol. The molecule has 3 rings (SSSR count). The molecule has 30 heavy (non-hydrogen) atoms. The fraction of sp³-hybridized carbons (Fsp3) is 0.348. The summed E-state index contributed by atoms with van der Waals surface area (Å²) in [5.74, 6) is -1.27. The van der Waals surface area contributed by atoms with Gasteiger partial charge in [0.1, 0.15) is 0 Å². The molecule has 1 heterocycles. The van der Waals surface area contributed by atoms with Gasteiger partial charge in [0.25, 0.3) is 0 Å². The third-order valence-corrected chi connectivity index (χ3v) is 5.62. The minimum absolute atomic E-state index is 0.0419. The van der Waals surface area contributed by atoms with Crippen LogP contribution in [0, 0.1) is 12.8 Å². The number of esters is 1. The summed E-state index contributed by atoms with van der Waals surface area (Å²) < 4.78 is 4.76. The molecule has 7 heteroatoms. The number of carbonyl (C=O) groups excluding carboxylic acids is 3. The molecule has 0 aliphatic carbocycles. The number of halogens is 1. The molecule has 2 unspecified atom stereocenters. The third-order valence-electron chi connectivity index (χ3n) is 5.27. The van der Waals surface area contributed by atoms with E-state index >= 15 is 0 Å². The topological polar surface area (TPSA) is 75.7 Å². The summed E-state index contributed by atoms with van der Waals surface area (Å²) in [5, 5.41) is 3.34. The molecule has 1 saturated heterocycles. The first-order chi connectivity index (χ1) is 14.4. The molecule has 1 aliphatic heterocycles. The van der Waals surface area contributed by atoms with Gasteiger partial charge in [0.05, 0.1) is 25.5 Å². The molecular weight excluding hydrogens is 404 g/mol. The minimum Gasteiger partial charge on any atom is -0.469 e. The van der Waals surface area contributed by atoms with E-state index in [9.17, 15) is 14.4 Å². The Kier molecular flexibility index (Phi) is 7.11. The fourth-order valence-corrected chi connectivity index (χ4v) is 3.82. The number of methoxy groups -OCH3 is 1. The lowest BCUT2D eigenvalue weighted by atomic mass is 10.0. The fourth-order valence-electron chi connectivity index (χ4n) is 3.55. The van der Waals surface area contributed by atoms with E-state index in [0.29, 0.717) is 23.7 Å². The van der Waals surface area contributed by atoms with Gasteiger partial charge < -0.3 is 15.0 Å². The third kappa shape index (κ3) is 5.39. The number of benzene rings is 2. The maximum absolute atomic E-state index is 12.9. The number of hydrogen-bond donors (Lipinski definition) is 1. The zero-order valence-electron chi connectivity index (χ0n) is 17.1. The number of carbonyl (C=O) groups is 3.